The van der Waals surface area contributed by atoms with Crippen molar-refractivity contribution in [2.75, 3.05) is 19.0 Å². The molecule has 0 bridgehead atoms. The number of amides is 2. The van der Waals surface area contributed by atoms with E-state index in [-0.39, 0.29) is 17.4 Å². The van der Waals surface area contributed by atoms with Crippen molar-refractivity contribution in [2.24, 2.45) is 0 Å². The molecule has 3 unspecified atom stereocenters. The monoisotopic (exact) mass is 260 g/mol. The van der Waals surface area contributed by atoms with E-state index in [0.29, 0.717) is 19.0 Å². The number of aliphatic carboxylic acids is 1. The molecule has 2 N–H and O–H groups in total. The summed E-state index contributed by atoms with van der Waals surface area (Å²) in [7, 11) is 0. The van der Waals surface area contributed by atoms with Crippen LogP contribution in [0.25, 0.3) is 0 Å². The van der Waals surface area contributed by atoms with E-state index in [1.165, 1.54) is 16.7 Å². The minimum absolute atomic E-state index is 0.00902. The molecule has 2 saturated heterocycles. The van der Waals surface area contributed by atoms with Crippen LogP contribution in [0.15, 0.2) is 0 Å². The first-order chi connectivity index (χ1) is 8.09. The zero-order chi connectivity index (χ0) is 12.4. The van der Waals surface area contributed by atoms with E-state index >= 15 is 0 Å². The number of carbonyl (C=O) groups is 2. The minimum Gasteiger partial charge on any atom is -0.480 e. The molecule has 0 aromatic rings. The SMILES string of the molecule is CC1SCC(C(=O)O)N1C(=O)NC1CCOC1. The molecule has 3 atom stereocenters. The molecule has 0 aromatic carbocycles. The average molecular weight is 260 g/mol. The van der Waals surface area contributed by atoms with E-state index in [0.717, 1.165) is 6.42 Å². The van der Waals surface area contributed by atoms with E-state index in [1.54, 1.807) is 0 Å². The fraction of sp³-hybridized carbons (Fsp3) is 0.800. The van der Waals surface area contributed by atoms with Crippen LogP contribution < -0.4 is 5.32 Å². The van der Waals surface area contributed by atoms with Gasteiger partial charge in [-0.15, -0.1) is 11.8 Å². The molecule has 96 valence electrons. The molecule has 2 heterocycles. The molecule has 7 heteroatoms. The predicted molar refractivity (Wildman–Crippen MR) is 62.9 cm³/mol. The second kappa shape index (κ2) is 5.14. The molecule has 0 radical (unpaired) electrons. The van der Waals surface area contributed by atoms with Crippen molar-refractivity contribution in [3.63, 3.8) is 0 Å². The number of hydrogen-bond acceptors (Lipinski definition) is 4. The Labute approximate surface area is 104 Å². The van der Waals surface area contributed by atoms with Gasteiger partial charge in [0, 0.05) is 12.4 Å². The van der Waals surface area contributed by atoms with Crippen LogP contribution in [-0.2, 0) is 9.53 Å². The number of hydrogen-bond donors (Lipinski definition) is 2. The Bertz CT molecular complexity index is 319. The van der Waals surface area contributed by atoms with Crippen LogP contribution in [0.4, 0.5) is 4.79 Å². The van der Waals surface area contributed by atoms with Crippen molar-refractivity contribution in [1.29, 1.82) is 0 Å². The lowest BCUT2D eigenvalue weighted by Crippen LogP contribution is -2.52. The first-order valence-corrected chi connectivity index (χ1v) is 6.65. The number of thioether (sulfide) groups is 1. The normalized spacial score (nSPS) is 32.8. The third-order valence-electron chi connectivity index (χ3n) is 3.00. The van der Waals surface area contributed by atoms with Gasteiger partial charge < -0.3 is 15.2 Å². The maximum absolute atomic E-state index is 12.0. The third kappa shape index (κ3) is 2.66. The average Bonchev–Trinajstić information content (AvgIpc) is 2.86. The first-order valence-electron chi connectivity index (χ1n) is 5.60. The lowest BCUT2D eigenvalue weighted by molar-refractivity contribution is -0.141. The van der Waals surface area contributed by atoms with Crippen LogP contribution in [-0.4, -0.2) is 58.4 Å². The van der Waals surface area contributed by atoms with Gasteiger partial charge in [0.25, 0.3) is 0 Å². The van der Waals surface area contributed by atoms with E-state index < -0.39 is 12.0 Å². The molecular weight excluding hydrogens is 244 g/mol. The summed E-state index contributed by atoms with van der Waals surface area (Å²) < 4.78 is 5.17. The summed E-state index contributed by atoms with van der Waals surface area (Å²) in [6.07, 6.45) is 0.791. The summed E-state index contributed by atoms with van der Waals surface area (Å²) in [5.74, 6) is -0.495. The Hall–Kier alpha value is -0.950. The molecular formula is C10H16N2O4S. The van der Waals surface area contributed by atoms with Gasteiger partial charge in [-0.3, -0.25) is 4.90 Å². The summed E-state index contributed by atoms with van der Waals surface area (Å²) in [6, 6.07) is -1.02. The number of carboxylic acids is 1. The van der Waals surface area contributed by atoms with Gasteiger partial charge >= 0.3 is 12.0 Å². The van der Waals surface area contributed by atoms with Crippen LogP contribution in [0.1, 0.15) is 13.3 Å². The Morgan fingerprint density at radius 1 is 1.53 bits per heavy atom. The summed E-state index contributed by atoms with van der Waals surface area (Å²) in [4.78, 5) is 24.5. The van der Waals surface area contributed by atoms with E-state index in [1.807, 2.05) is 6.92 Å². The van der Waals surface area contributed by atoms with E-state index in [2.05, 4.69) is 5.32 Å². The summed E-state index contributed by atoms with van der Waals surface area (Å²) in [5.41, 5.74) is 0. The molecule has 6 nitrogen and oxygen atoms in total. The number of carbonyl (C=O) groups excluding carboxylic acids is 1. The lowest BCUT2D eigenvalue weighted by Gasteiger charge is -2.26. The van der Waals surface area contributed by atoms with Crippen LogP contribution in [0.3, 0.4) is 0 Å². The Kier molecular flexibility index (Phi) is 3.78. The van der Waals surface area contributed by atoms with Gasteiger partial charge in [-0.2, -0.15) is 0 Å². The standard InChI is InChI=1S/C10H16N2O4S/c1-6-12(8(5-17-6)9(13)14)10(15)11-7-2-3-16-4-7/h6-8H,2-5H2,1H3,(H,11,15)(H,13,14). The van der Waals surface area contributed by atoms with Crippen molar-refractivity contribution in [3.05, 3.63) is 0 Å². The molecule has 0 aromatic heterocycles. The zero-order valence-electron chi connectivity index (χ0n) is 9.59. The Morgan fingerprint density at radius 3 is 2.88 bits per heavy atom. The molecule has 0 saturated carbocycles. The quantitative estimate of drug-likeness (QED) is 0.748. The van der Waals surface area contributed by atoms with Crippen LogP contribution in [0.5, 0.6) is 0 Å². The molecule has 2 fully saturated rings. The molecule has 2 amide bonds. The maximum Gasteiger partial charge on any atom is 0.327 e. The van der Waals surface area contributed by atoms with Crippen LogP contribution >= 0.6 is 11.8 Å². The Morgan fingerprint density at radius 2 is 2.29 bits per heavy atom. The topological polar surface area (TPSA) is 78.9 Å². The van der Waals surface area contributed by atoms with Crippen LogP contribution in [0, 0.1) is 0 Å². The number of nitrogens with zero attached hydrogens (tertiary/aromatic N) is 1. The highest BCUT2D eigenvalue weighted by molar-refractivity contribution is 8.00. The molecule has 2 aliphatic rings. The maximum atomic E-state index is 12.0. The number of nitrogens with one attached hydrogen (secondary N) is 1. The second-order valence-corrected chi connectivity index (χ2v) is 5.55. The smallest absolute Gasteiger partial charge is 0.327 e. The number of urea groups is 1. The van der Waals surface area contributed by atoms with Gasteiger partial charge in [0.15, 0.2) is 0 Å². The van der Waals surface area contributed by atoms with Crippen molar-refractivity contribution in [3.8, 4) is 0 Å². The zero-order valence-corrected chi connectivity index (χ0v) is 10.4. The molecule has 0 aliphatic carbocycles. The van der Waals surface area contributed by atoms with Crippen molar-refractivity contribution in [1.82, 2.24) is 10.2 Å². The van der Waals surface area contributed by atoms with Crippen molar-refractivity contribution < 1.29 is 19.4 Å². The van der Waals surface area contributed by atoms with E-state index in [4.69, 9.17) is 9.84 Å². The number of ether oxygens (including phenoxy) is 1. The van der Waals surface area contributed by atoms with Crippen LogP contribution in [0.2, 0.25) is 0 Å². The van der Waals surface area contributed by atoms with Gasteiger partial charge in [-0.25, -0.2) is 9.59 Å². The fourth-order valence-corrected chi connectivity index (χ4v) is 3.21. The third-order valence-corrected chi connectivity index (χ3v) is 4.22. The highest BCUT2D eigenvalue weighted by Crippen LogP contribution is 2.28. The molecule has 0 spiro atoms. The van der Waals surface area contributed by atoms with Crippen molar-refractivity contribution >= 4 is 23.8 Å². The first kappa shape index (κ1) is 12.5. The van der Waals surface area contributed by atoms with Gasteiger partial charge in [-0.1, -0.05) is 0 Å². The minimum atomic E-state index is -0.945. The molecule has 2 aliphatic heterocycles. The van der Waals surface area contributed by atoms with Gasteiger partial charge in [0.2, 0.25) is 0 Å². The van der Waals surface area contributed by atoms with Gasteiger partial charge in [0.05, 0.1) is 18.0 Å². The lowest BCUT2D eigenvalue weighted by atomic mass is 10.2. The van der Waals surface area contributed by atoms with Gasteiger partial charge in [0.1, 0.15) is 6.04 Å². The fourth-order valence-electron chi connectivity index (χ4n) is 2.04. The molecule has 2 rings (SSSR count). The molecule has 17 heavy (non-hydrogen) atoms. The Balaban J connectivity index is 1.98. The van der Waals surface area contributed by atoms with E-state index in [9.17, 15) is 9.59 Å². The highest BCUT2D eigenvalue weighted by atomic mass is 32.2. The number of rotatable bonds is 2. The van der Waals surface area contributed by atoms with Crippen molar-refractivity contribution in [2.45, 2.75) is 30.8 Å². The summed E-state index contributed by atoms with van der Waals surface area (Å²) >= 11 is 1.48. The largest absolute Gasteiger partial charge is 0.480 e. The second-order valence-electron chi connectivity index (χ2n) is 4.20. The predicted octanol–water partition coefficient (Wildman–Crippen LogP) is 0.333. The van der Waals surface area contributed by atoms with Gasteiger partial charge in [-0.05, 0) is 13.3 Å². The number of carboxylic acid groups (broad SMARTS) is 1. The summed E-state index contributed by atoms with van der Waals surface area (Å²) in [5, 5.41) is 11.8. The highest BCUT2D eigenvalue weighted by Gasteiger charge is 2.40. The summed E-state index contributed by atoms with van der Waals surface area (Å²) in [6.45, 7) is 3.01.